The van der Waals surface area contributed by atoms with Crippen molar-refractivity contribution in [1.82, 2.24) is 0 Å². The van der Waals surface area contributed by atoms with Gasteiger partial charge in [0.2, 0.25) is 0 Å². The Morgan fingerprint density at radius 1 is 1.28 bits per heavy atom. The lowest BCUT2D eigenvalue weighted by molar-refractivity contribution is -0.136. The predicted octanol–water partition coefficient (Wildman–Crippen LogP) is 3.01. The maximum absolute atomic E-state index is 10.8. The van der Waals surface area contributed by atoms with E-state index in [1.54, 1.807) is 0 Å². The minimum Gasteiger partial charge on any atom is -0.481 e. The van der Waals surface area contributed by atoms with Gasteiger partial charge in [-0.1, -0.05) is 31.0 Å². The molecule has 0 aromatic heterocycles. The number of fused-ring (bicyclic) bond motifs is 3. The molecule has 3 nitrogen and oxygen atoms in total. The number of rotatable bonds is 3. The standard InChI is InChI=1S/C15H19NO2/c17-15(18)9-10-16-13-7-3-1-5-11(13)12-6-2-4-8-14(12)16/h1,3,5,7,12,14H,2,4,6,8-10H2,(H,17,18). The molecule has 1 heterocycles. The number of hydrogen-bond acceptors (Lipinski definition) is 2. The first kappa shape index (κ1) is 11.6. The van der Waals surface area contributed by atoms with Crippen molar-refractivity contribution in [2.75, 3.05) is 11.4 Å². The molecule has 0 saturated heterocycles. The van der Waals surface area contributed by atoms with E-state index in [4.69, 9.17) is 5.11 Å². The maximum atomic E-state index is 10.8. The summed E-state index contributed by atoms with van der Waals surface area (Å²) < 4.78 is 0. The van der Waals surface area contributed by atoms with Crippen molar-refractivity contribution in [2.45, 2.75) is 44.1 Å². The molecule has 1 aromatic rings. The van der Waals surface area contributed by atoms with Gasteiger partial charge >= 0.3 is 5.97 Å². The van der Waals surface area contributed by atoms with Gasteiger partial charge in [-0.15, -0.1) is 0 Å². The Morgan fingerprint density at radius 3 is 2.89 bits per heavy atom. The number of carbonyl (C=O) groups is 1. The quantitative estimate of drug-likeness (QED) is 0.890. The number of anilines is 1. The number of nitrogens with zero attached hydrogens (tertiary/aromatic N) is 1. The zero-order chi connectivity index (χ0) is 12.5. The monoisotopic (exact) mass is 245 g/mol. The summed E-state index contributed by atoms with van der Waals surface area (Å²) in [6.45, 7) is 0.646. The molecule has 2 aliphatic rings. The lowest BCUT2D eigenvalue weighted by Gasteiger charge is -2.33. The van der Waals surface area contributed by atoms with Crippen LogP contribution >= 0.6 is 0 Å². The van der Waals surface area contributed by atoms with Gasteiger partial charge in [0.05, 0.1) is 6.42 Å². The van der Waals surface area contributed by atoms with Gasteiger partial charge in [0, 0.05) is 24.2 Å². The van der Waals surface area contributed by atoms with E-state index in [0.717, 1.165) is 0 Å². The van der Waals surface area contributed by atoms with Crippen LogP contribution in [0.1, 0.15) is 43.6 Å². The first-order chi connectivity index (χ1) is 8.77. The van der Waals surface area contributed by atoms with Gasteiger partial charge in [-0.2, -0.15) is 0 Å². The lowest BCUT2D eigenvalue weighted by atomic mass is 9.82. The molecule has 3 heteroatoms. The Morgan fingerprint density at radius 2 is 2.06 bits per heavy atom. The topological polar surface area (TPSA) is 40.5 Å². The number of carboxylic acids is 1. The fourth-order valence-electron chi connectivity index (χ4n) is 3.59. The Balaban J connectivity index is 1.89. The van der Waals surface area contributed by atoms with Crippen LogP contribution in [-0.4, -0.2) is 23.7 Å². The van der Waals surface area contributed by atoms with Crippen LogP contribution in [0.4, 0.5) is 5.69 Å². The average Bonchev–Trinajstić information content (AvgIpc) is 2.71. The Kier molecular flexibility index (Phi) is 2.98. The fraction of sp³-hybridized carbons (Fsp3) is 0.533. The molecule has 3 rings (SSSR count). The second kappa shape index (κ2) is 4.63. The van der Waals surface area contributed by atoms with Crippen molar-refractivity contribution in [2.24, 2.45) is 0 Å². The number of benzene rings is 1. The third kappa shape index (κ3) is 1.88. The van der Waals surface area contributed by atoms with E-state index in [1.165, 1.54) is 36.9 Å². The molecular weight excluding hydrogens is 226 g/mol. The molecule has 0 bridgehead atoms. The van der Waals surface area contributed by atoms with Gasteiger partial charge in [-0.25, -0.2) is 0 Å². The minimum absolute atomic E-state index is 0.234. The Labute approximate surface area is 107 Å². The summed E-state index contributed by atoms with van der Waals surface area (Å²) >= 11 is 0. The normalized spacial score (nSPS) is 25.7. The van der Waals surface area contributed by atoms with Crippen molar-refractivity contribution in [1.29, 1.82) is 0 Å². The second-order valence-corrected chi connectivity index (χ2v) is 5.35. The summed E-state index contributed by atoms with van der Waals surface area (Å²) in [4.78, 5) is 13.1. The molecule has 0 spiro atoms. The zero-order valence-corrected chi connectivity index (χ0v) is 10.5. The Bertz CT molecular complexity index is 458. The van der Waals surface area contributed by atoms with Gasteiger partial charge in [0.1, 0.15) is 0 Å². The van der Waals surface area contributed by atoms with E-state index in [0.29, 0.717) is 18.5 Å². The first-order valence-electron chi connectivity index (χ1n) is 6.85. The van der Waals surface area contributed by atoms with E-state index in [1.807, 2.05) is 0 Å². The van der Waals surface area contributed by atoms with E-state index < -0.39 is 5.97 Å². The van der Waals surface area contributed by atoms with Crippen LogP contribution in [-0.2, 0) is 4.79 Å². The maximum Gasteiger partial charge on any atom is 0.305 e. The number of para-hydroxylation sites is 1. The van der Waals surface area contributed by atoms with Crippen molar-refractivity contribution in [3.05, 3.63) is 29.8 Å². The summed E-state index contributed by atoms with van der Waals surface area (Å²) in [7, 11) is 0. The molecule has 2 unspecified atom stereocenters. The van der Waals surface area contributed by atoms with E-state index in [2.05, 4.69) is 29.2 Å². The van der Waals surface area contributed by atoms with Crippen molar-refractivity contribution in [3.63, 3.8) is 0 Å². The van der Waals surface area contributed by atoms with Crippen LogP contribution in [0.3, 0.4) is 0 Å². The van der Waals surface area contributed by atoms with Crippen LogP contribution in [0.15, 0.2) is 24.3 Å². The minimum atomic E-state index is -0.702. The Hall–Kier alpha value is -1.51. The molecule has 1 saturated carbocycles. The van der Waals surface area contributed by atoms with Crippen LogP contribution in [0.25, 0.3) is 0 Å². The predicted molar refractivity (Wildman–Crippen MR) is 71.0 cm³/mol. The van der Waals surface area contributed by atoms with E-state index in [-0.39, 0.29) is 6.42 Å². The SMILES string of the molecule is O=C(O)CCN1c2ccccc2C2CCCCC21. The summed E-state index contributed by atoms with van der Waals surface area (Å²) in [5, 5.41) is 8.89. The number of hydrogen-bond donors (Lipinski definition) is 1. The largest absolute Gasteiger partial charge is 0.481 e. The molecule has 18 heavy (non-hydrogen) atoms. The van der Waals surface area contributed by atoms with E-state index >= 15 is 0 Å². The molecule has 0 radical (unpaired) electrons. The van der Waals surface area contributed by atoms with Crippen LogP contribution in [0.5, 0.6) is 0 Å². The average molecular weight is 245 g/mol. The highest BCUT2D eigenvalue weighted by Gasteiger charge is 2.39. The molecule has 0 amide bonds. The molecule has 96 valence electrons. The van der Waals surface area contributed by atoms with Gasteiger partial charge in [0.25, 0.3) is 0 Å². The fourth-order valence-corrected chi connectivity index (χ4v) is 3.59. The highest BCUT2D eigenvalue weighted by molar-refractivity contribution is 5.69. The van der Waals surface area contributed by atoms with Crippen LogP contribution < -0.4 is 4.90 Å². The van der Waals surface area contributed by atoms with Crippen LogP contribution in [0, 0.1) is 0 Å². The van der Waals surface area contributed by atoms with Crippen molar-refractivity contribution in [3.8, 4) is 0 Å². The molecule has 1 aliphatic carbocycles. The smallest absolute Gasteiger partial charge is 0.305 e. The van der Waals surface area contributed by atoms with Gasteiger partial charge in [-0.3, -0.25) is 4.79 Å². The highest BCUT2D eigenvalue weighted by atomic mass is 16.4. The molecule has 1 aromatic carbocycles. The van der Waals surface area contributed by atoms with Crippen molar-refractivity contribution < 1.29 is 9.90 Å². The molecule has 2 atom stereocenters. The zero-order valence-electron chi connectivity index (χ0n) is 10.5. The summed E-state index contributed by atoms with van der Waals surface area (Å²) in [5.41, 5.74) is 2.71. The van der Waals surface area contributed by atoms with Crippen molar-refractivity contribution >= 4 is 11.7 Å². The van der Waals surface area contributed by atoms with Crippen LogP contribution in [0.2, 0.25) is 0 Å². The molecule has 1 N–H and O–H groups in total. The molecule has 1 aliphatic heterocycles. The third-order valence-electron chi connectivity index (χ3n) is 4.34. The highest BCUT2D eigenvalue weighted by Crippen LogP contribution is 2.47. The van der Waals surface area contributed by atoms with Gasteiger partial charge < -0.3 is 10.0 Å². The molecule has 1 fully saturated rings. The summed E-state index contributed by atoms with van der Waals surface area (Å²) in [6, 6.07) is 9.07. The number of aliphatic carboxylic acids is 1. The third-order valence-corrected chi connectivity index (χ3v) is 4.34. The summed E-state index contributed by atoms with van der Waals surface area (Å²) in [6.07, 6.45) is 5.28. The van der Waals surface area contributed by atoms with Gasteiger partial charge in [0.15, 0.2) is 0 Å². The molecular formula is C15H19NO2. The van der Waals surface area contributed by atoms with E-state index in [9.17, 15) is 4.79 Å². The lowest BCUT2D eigenvalue weighted by Crippen LogP contribution is -2.37. The van der Waals surface area contributed by atoms with Gasteiger partial charge in [-0.05, 0) is 24.5 Å². The first-order valence-corrected chi connectivity index (χ1v) is 6.85. The summed E-state index contributed by atoms with van der Waals surface area (Å²) in [5.74, 6) is -0.0736. The number of carboxylic acid groups (broad SMARTS) is 1. The second-order valence-electron chi connectivity index (χ2n) is 5.35.